The van der Waals surface area contributed by atoms with Crippen LogP contribution in [0.2, 0.25) is 0 Å². The minimum absolute atomic E-state index is 0.0338. The molecule has 1 fully saturated rings. The molecular weight excluding hydrogens is 338 g/mol. The summed E-state index contributed by atoms with van der Waals surface area (Å²) in [6, 6.07) is 6.77. The number of hydrogen-bond acceptors (Lipinski definition) is 5. The van der Waals surface area contributed by atoms with Crippen LogP contribution in [0.15, 0.2) is 24.3 Å². The van der Waals surface area contributed by atoms with Gasteiger partial charge in [0.05, 0.1) is 18.1 Å². The second kappa shape index (κ2) is 7.76. The van der Waals surface area contributed by atoms with Crippen LogP contribution in [0.4, 0.5) is 4.79 Å². The van der Waals surface area contributed by atoms with E-state index in [2.05, 4.69) is 0 Å². The van der Waals surface area contributed by atoms with Crippen LogP contribution in [0.1, 0.15) is 49.5 Å². The van der Waals surface area contributed by atoms with E-state index in [1.165, 1.54) is 4.90 Å². The van der Waals surface area contributed by atoms with Crippen LogP contribution in [0, 0.1) is 5.92 Å². The number of rotatable bonds is 4. The van der Waals surface area contributed by atoms with Crippen LogP contribution in [-0.4, -0.2) is 53.3 Å². The van der Waals surface area contributed by atoms with Crippen molar-refractivity contribution in [1.29, 1.82) is 0 Å². The first-order chi connectivity index (χ1) is 12.1. The Morgan fingerprint density at radius 3 is 2.42 bits per heavy atom. The fraction of sp³-hybridized carbons (Fsp3) is 0.526. The summed E-state index contributed by atoms with van der Waals surface area (Å²) in [5.74, 6) is -2.85. The van der Waals surface area contributed by atoms with E-state index >= 15 is 0 Å². The molecule has 1 aliphatic heterocycles. The molecule has 0 bridgehead atoms. The van der Waals surface area contributed by atoms with Crippen molar-refractivity contribution in [2.45, 2.75) is 39.2 Å². The van der Waals surface area contributed by atoms with Gasteiger partial charge in [0.1, 0.15) is 5.60 Å². The topological polar surface area (TPSA) is 93.1 Å². The first-order valence-corrected chi connectivity index (χ1v) is 8.60. The summed E-state index contributed by atoms with van der Waals surface area (Å²) < 4.78 is 10.4. The summed E-state index contributed by atoms with van der Waals surface area (Å²) in [6.45, 7) is 7.40. The number of carbonyl (C=O) groups excluding carboxylic acids is 2. The SMILES string of the molecule is CCOC(=O)c1ccccc1C1CN(C(=O)OC(C)(C)C)C[C@H]1C(=O)O. The van der Waals surface area contributed by atoms with Crippen molar-refractivity contribution >= 4 is 18.0 Å². The lowest BCUT2D eigenvalue weighted by molar-refractivity contribution is -0.141. The van der Waals surface area contributed by atoms with Gasteiger partial charge >= 0.3 is 18.0 Å². The van der Waals surface area contributed by atoms with Crippen LogP contribution < -0.4 is 0 Å². The minimum atomic E-state index is -1.01. The van der Waals surface area contributed by atoms with Gasteiger partial charge in [0.25, 0.3) is 0 Å². The summed E-state index contributed by atoms with van der Waals surface area (Å²) in [5, 5.41) is 9.62. The summed E-state index contributed by atoms with van der Waals surface area (Å²) in [4.78, 5) is 37.7. The number of ether oxygens (including phenoxy) is 2. The molecule has 0 radical (unpaired) electrons. The van der Waals surface area contributed by atoms with E-state index in [4.69, 9.17) is 9.47 Å². The highest BCUT2D eigenvalue weighted by Crippen LogP contribution is 2.35. The highest BCUT2D eigenvalue weighted by atomic mass is 16.6. The van der Waals surface area contributed by atoms with Gasteiger partial charge < -0.3 is 19.5 Å². The fourth-order valence-corrected chi connectivity index (χ4v) is 3.06. The maximum absolute atomic E-state index is 12.3. The Balaban J connectivity index is 2.32. The molecule has 2 atom stereocenters. The molecule has 1 saturated heterocycles. The van der Waals surface area contributed by atoms with Gasteiger partial charge in [-0.15, -0.1) is 0 Å². The van der Waals surface area contributed by atoms with E-state index in [0.29, 0.717) is 11.1 Å². The molecule has 7 heteroatoms. The maximum atomic E-state index is 12.3. The number of hydrogen-bond donors (Lipinski definition) is 1. The van der Waals surface area contributed by atoms with E-state index in [0.717, 1.165) is 0 Å². The Bertz CT molecular complexity index is 694. The zero-order valence-corrected chi connectivity index (χ0v) is 15.5. The van der Waals surface area contributed by atoms with Crippen LogP contribution in [0.25, 0.3) is 0 Å². The smallest absolute Gasteiger partial charge is 0.410 e. The molecule has 7 nitrogen and oxygen atoms in total. The van der Waals surface area contributed by atoms with Crippen molar-refractivity contribution in [3.05, 3.63) is 35.4 Å². The Hall–Kier alpha value is -2.57. The predicted molar refractivity (Wildman–Crippen MR) is 94.1 cm³/mol. The number of aliphatic carboxylic acids is 1. The third-order valence-corrected chi connectivity index (χ3v) is 4.14. The quantitative estimate of drug-likeness (QED) is 0.827. The van der Waals surface area contributed by atoms with E-state index in [9.17, 15) is 19.5 Å². The highest BCUT2D eigenvalue weighted by Gasteiger charge is 2.43. The van der Waals surface area contributed by atoms with Crippen molar-refractivity contribution in [3.8, 4) is 0 Å². The van der Waals surface area contributed by atoms with Gasteiger partial charge in [-0.1, -0.05) is 18.2 Å². The summed E-state index contributed by atoms with van der Waals surface area (Å²) in [6.07, 6.45) is -0.556. The number of esters is 1. The first-order valence-electron chi connectivity index (χ1n) is 8.60. The van der Waals surface area contributed by atoms with Gasteiger partial charge in [0, 0.05) is 19.0 Å². The molecule has 0 aromatic heterocycles. The van der Waals surface area contributed by atoms with E-state index in [1.807, 2.05) is 0 Å². The average Bonchev–Trinajstić information content (AvgIpc) is 2.99. The third kappa shape index (κ3) is 4.53. The Morgan fingerprint density at radius 1 is 1.19 bits per heavy atom. The second-order valence-electron chi connectivity index (χ2n) is 7.24. The van der Waals surface area contributed by atoms with Crippen molar-refractivity contribution in [3.63, 3.8) is 0 Å². The van der Waals surface area contributed by atoms with Gasteiger partial charge in [0.15, 0.2) is 0 Å². The molecule has 0 saturated carbocycles. The van der Waals surface area contributed by atoms with Gasteiger partial charge in [-0.3, -0.25) is 4.79 Å². The molecule has 1 unspecified atom stereocenters. The number of carbonyl (C=O) groups is 3. The molecule has 1 aromatic rings. The van der Waals surface area contributed by atoms with Crippen molar-refractivity contribution in [2.24, 2.45) is 5.92 Å². The molecule has 1 aromatic carbocycles. The van der Waals surface area contributed by atoms with E-state index < -0.39 is 35.5 Å². The molecule has 1 heterocycles. The molecule has 0 spiro atoms. The lowest BCUT2D eigenvalue weighted by Gasteiger charge is -2.24. The molecule has 1 amide bonds. The van der Waals surface area contributed by atoms with Crippen molar-refractivity contribution in [1.82, 2.24) is 4.90 Å². The van der Waals surface area contributed by atoms with Gasteiger partial charge in [-0.05, 0) is 39.3 Å². The van der Waals surface area contributed by atoms with Crippen LogP contribution in [-0.2, 0) is 14.3 Å². The number of carboxylic acid groups (broad SMARTS) is 1. The number of benzene rings is 1. The Labute approximate surface area is 152 Å². The predicted octanol–water partition coefficient (Wildman–Crippen LogP) is 2.90. The van der Waals surface area contributed by atoms with Gasteiger partial charge in [0.2, 0.25) is 0 Å². The lowest BCUT2D eigenvalue weighted by atomic mass is 9.86. The highest BCUT2D eigenvalue weighted by molar-refractivity contribution is 5.91. The molecule has 1 aliphatic rings. The zero-order valence-electron chi connectivity index (χ0n) is 15.5. The zero-order chi connectivity index (χ0) is 19.5. The van der Waals surface area contributed by atoms with Crippen molar-refractivity contribution in [2.75, 3.05) is 19.7 Å². The summed E-state index contributed by atoms with van der Waals surface area (Å²) in [7, 11) is 0. The number of likely N-dealkylation sites (tertiary alicyclic amines) is 1. The number of amides is 1. The lowest BCUT2D eigenvalue weighted by Crippen LogP contribution is -2.35. The van der Waals surface area contributed by atoms with Crippen LogP contribution >= 0.6 is 0 Å². The van der Waals surface area contributed by atoms with Crippen LogP contribution in [0.3, 0.4) is 0 Å². The Kier molecular flexibility index (Phi) is 5.90. The van der Waals surface area contributed by atoms with E-state index in [-0.39, 0.29) is 19.7 Å². The first kappa shape index (κ1) is 19.8. The largest absolute Gasteiger partial charge is 0.481 e. The summed E-state index contributed by atoms with van der Waals surface area (Å²) >= 11 is 0. The summed E-state index contributed by atoms with van der Waals surface area (Å²) in [5.41, 5.74) is 0.234. The second-order valence-corrected chi connectivity index (χ2v) is 7.24. The monoisotopic (exact) mass is 363 g/mol. The molecular formula is C19H25NO6. The minimum Gasteiger partial charge on any atom is -0.481 e. The van der Waals surface area contributed by atoms with Gasteiger partial charge in [-0.25, -0.2) is 9.59 Å². The number of nitrogens with zero attached hydrogens (tertiary/aromatic N) is 1. The molecule has 142 valence electrons. The Morgan fingerprint density at radius 2 is 1.85 bits per heavy atom. The third-order valence-electron chi connectivity index (χ3n) is 4.14. The molecule has 26 heavy (non-hydrogen) atoms. The van der Waals surface area contributed by atoms with E-state index in [1.54, 1.807) is 52.0 Å². The molecule has 1 N–H and O–H groups in total. The van der Waals surface area contributed by atoms with Crippen molar-refractivity contribution < 1.29 is 29.0 Å². The normalized spacial score (nSPS) is 19.9. The van der Waals surface area contributed by atoms with Gasteiger partial charge in [-0.2, -0.15) is 0 Å². The van der Waals surface area contributed by atoms with Crippen LogP contribution in [0.5, 0.6) is 0 Å². The molecule has 2 rings (SSSR count). The standard InChI is InChI=1S/C19H25NO6/c1-5-25-17(23)13-9-7-6-8-12(13)14-10-20(11-15(14)16(21)22)18(24)26-19(2,3)4/h6-9,14-15H,5,10-11H2,1-4H3,(H,21,22)/t14?,15-/m1/s1. The number of carboxylic acids is 1. The molecule has 0 aliphatic carbocycles. The fourth-order valence-electron chi connectivity index (χ4n) is 3.06. The maximum Gasteiger partial charge on any atom is 0.410 e. The average molecular weight is 363 g/mol.